The highest BCUT2D eigenvalue weighted by molar-refractivity contribution is 5.92. The number of halogens is 1. The molecule has 0 aliphatic heterocycles. The van der Waals surface area contributed by atoms with Crippen LogP contribution in [0.4, 0.5) is 10.1 Å². The Morgan fingerprint density at radius 3 is 2.76 bits per heavy atom. The maximum Gasteiger partial charge on any atom is 0.224 e. The molecule has 1 amide bonds. The van der Waals surface area contributed by atoms with Gasteiger partial charge in [0.1, 0.15) is 5.82 Å². The zero-order valence-corrected chi connectivity index (χ0v) is 12.5. The summed E-state index contributed by atoms with van der Waals surface area (Å²) in [5, 5.41) is 2.79. The van der Waals surface area contributed by atoms with E-state index in [1.54, 1.807) is 0 Å². The molecule has 0 spiro atoms. The van der Waals surface area contributed by atoms with E-state index in [-0.39, 0.29) is 18.3 Å². The highest BCUT2D eigenvalue weighted by Crippen LogP contribution is 2.17. The zero-order valence-electron chi connectivity index (χ0n) is 12.5. The van der Waals surface area contributed by atoms with Crippen molar-refractivity contribution in [2.24, 2.45) is 5.73 Å². The second-order valence-corrected chi connectivity index (χ2v) is 4.91. The first kappa shape index (κ1) is 17.2. The van der Waals surface area contributed by atoms with Gasteiger partial charge in [-0.1, -0.05) is 44.4 Å². The lowest BCUT2D eigenvalue weighted by atomic mass is 10.1. The van der Waals surface area contributed by atoms with Crippen LogP contribution in [0.2, 0.25) is 0 Å². The van der Waals surface area contributed by atoms with E-state index in [0.717, 1.165) is 19.3 Å². The number of carbonyl (C=O) groups excluding carboxylic acids is 1. The molecule has 1 aromatic rings. The molecule has 0 bridgehead atoms. The molecular weight excluding hydrogens is 267 g/mol. The molecule has 0 fully saturated rings. The topological polar surface area (TPSA) is 55.1 Å². The molecule has 114 valence electrons. The molecule has 0 saturated carbocycles. The Morgan fingerprint density at radius 2 is 2.05 bits per heavy atom. The number of anilines is 1. The van der Waals surface area contributed by atoms with Crippen LogP contribution in [0.15, 0.2) is 18.2 Å². The third kappa shape index (κ3) is 6.92. The molecule has 0 aliphatic carbocycles. The fourth-order valence-corrected chi connectivity index (χ4v) is 1.98. The first-order valence-corrected chi connectivity index (χ1v) is 7.45. The molecule has 0 unspecified atom stereocenters. The third-order valence-electron chi connectivity index (χ3n) is 3.09. The quantitative estimate of drug-likeness (QED) is 0.597. The normalized spacial score (nSPS) is 9.86. The van der Waals surface area contributed by atoms with E-state index in [4.69, 9.17) is 5.73 Å². The molecular formula is C17H23FN2O. The summed E-state index contributed by atoms with van der Waals surface area (Å²) in [4.78, 5) is 11.9. The van der Waals surface area contributed by atoms with Crippen molar-refractivity contribution in [3.63, 3.8) is 0 Å². The number of hydrogen-bond acceptors (Lipinski definition) is 2. The van der Waals surface area contributed by atoms with Gasteiger partial charge >= 0.3 is 0 Å². The molecule has 0 heterocycles. The van der Waals surface area contributed by atoms with Gasteiger partial charge < -0.3 is 11.1 Å². The summed E-state index contributed by atoms with van der Waals surface area (Å²) in [7, 11) is 0. The first-order valence-electron chi connectivity index (χ1n) is 7.45. The maximum absolute atomic E-state index is 13.2. The van der Waals surface area contributed by atoms with E-state index < -0.39 is 0 Å². The van der Waals surface area contributed by atoms with Crippen molar-refractivity contribution in [2.45, 2.75) is 45.4 Å². The van der Waals surface area contributed by atoms with Gasteiger partial charge in [-0.15, -0.1) is 0 Å². The number of rotatable bonds is 7. The van der Waals surface area contributed by atoms with Crippen LogP contribution in [-0.4, -0.2) is 12.5 Å². The monoisotopic (exact) mass is 290 g/mol. The average Bonchev–Trinajstić information content (AvgIpc) is 2.47. The summed E-state index contributed by atoms with van der Waals surface area (Å²) in [6.45, 7) is 2.35. The average molecular weight is 290 g/mol. The maximum atomic E-state index is 13.2. The van der Waals surface area contributed by atoms with E-state index in [1.807, 2.05) is 0 Å². The van der Waals surface area contributed by atoms with Crippen LogP contribution in [0.3, 0.4) is 0 Å². The fraction of sp³-hybridized carbons (Fsp3) is 0.471. The second-order valence-electron chi connectivity index (χ2n) is 4.91. The van der Waals surface area contributed by atoms with Gasteiger partial charge in [-0.25, -0.2) is 4.39 Å². The molecule has 1 aromatic carbocycles. The lowest BCUT2D eigenvalue weighted by molar-refractivity contribution is -0.116. The lowest BCUT2D eigenvalue weighted by Crippen LogP contribution is -2.12. The fourth-order valence-electron chi connectivity index (χ4n) is 1.98. The van der Waals surface area contributed by atoms with Crippen molar-refractivity contribution >= 4 is 11.6 Å². The van der Waals surface area contributed by atoms with E-state index in [0.29, 0.717) is 17.7 Å². The molecule has 3 nitrogen and oxygen atoms in total. The van der Waals surface area contributed by atoms with Gasteiger partial charge in [0.25, 0.3) is 0 Å². The highest BCUT2D eigenvalue weighted by Gasteiger charge is 2.06. The molecule has 0 aliphatic rings. The van der Waals surface area contributed by atoms with Gasteiger partial charge in [0.15, 0.2) is 0 Å². The van der Waals surface area contributed by atoms with Crippen molar-refractivity contribution in [2.75, 3.05) is 11.9 Å². The van der Waals surface area contributed by atoms with Crippen LogP contribution in [0.5, 0.6) is 0 Å². The Balaban J connectivity index is 2.55. The summed E-state index contributed by atoms with van der Waals surface area (Å²) >= 11 is 0. The van der Waals surface area contributed by atoms with Crippen LogP contribution < -0.4 is 11.1 Å². The zero-order chi connectivity index (χ0) is 15.5. The molecule has 0 atom stereocenters. The Morgan fingerprint density at radius 1 is 1.29 bits per heavy atom. The number of carbonyl (C=O) groups is 1. The summed E-state index contributed by atoms with van der Waals surface area (Å²) in [6, 6.07) is 4.15. The number of nitrogens with one attached hydrogen (secondary N) is 1. The van der Waals surface area contributed by atoms with Crippen LogP contribution in [-0.2, 0) is 4.79 Å². The molecule has 1 rings (SSSR count). The van der Waals surface area contributed by atoms with Crippen molar-refractivity contribution in [3.8, 4) is 11.8 Å². The lowest BCUT2D eigenvalue weighted by Gasteiger charge is -2.08. The Bertz CT molecular complexity index is 517. The van der Waals surface area contributed by atoms with E-state index >= 15 is 0 Å². The first-order chi connectivity index (χ1) is 10.2. The van der Waals surface area contributed by atoms with Crippen molar-refractivity contribution in [3.05, 3.63) is 29.6 Å². The second kappa shape index (κ2) is 9.95. The number of nitrogens with two attached hydrogens (primary N) is 1. The molecule has 3 N–H and O–H groups in total. The summed E-state index contributed by atoms with van der Waals surface area (Å²) in [6.07, 6.45) is 5.96. The third-order valence-corrected chi connectivity index (χ3v) is 3.09. The minimum Gasteiger partial charge on any atom is -0.325 e. The number of amides is 1. The molecule has 4 heteroatoms. The van der Waals surface area contributed by atoms with Crippen molar-refractivity contribution in [1.82, 2.24) is 0 Å². The van der Waals surface area contributed by atoms with Gasteiger partial charge in [-0.05, 0) is 24.6 Å². The van der Waals surface area contributed by atoms with Crippen LogP contribution in [0.25, 0.3) is 0 Å². The minimum absolute atomic E-state index is 0.0612. The highest BCUT2D eigenvalue weighted by atomic mass is 19.1. The van der Waals surface area contributed by atoms with E-state index in [2.05, 4.69) is 24.1 Å². The largest absolute Gasteiger partial charge is 0.325 e. The van der Waals surface area contributed by atoms with E-state index in [1.165, 1.54) is 31.0 Å². The van der Waals surface area contributed by atoms with Crippen LogP contribution in [0.1, 0.15) is 51.0 Å². The van der Waals surface area contributed by atoms with Crippen molar-refractivity contribution in [1.29, 1.82) is 0 Å². The van der Waals surface area contributed by atoms with Crippen molar-refractivity contribution < 1.29 is 9.18 Å². The number of unbranched alkanes of at least 4 members (excludes halogenated alkanes) is 4. The van der Waals surface area contributed by atoms with Gasteiger partial charge in [0.2, 0.25) is 5.91 Å². The standard InChI is InChI=1S/C17H23FN2O/c1-2-3-4-5-6-9-17(21)20-16-11-10-15(18)13-14(16)8-7-12-19/h10-11,13H,2-6,9,12,19H2,1H3,(H,20,21). The molecule has 0 saturated heterocycles. The SMILES string of the molecule is CCCCCCCC(=O)Nc1ccc(F)cc1C#CCN. The molecule has 21 heavy (non-hydrogen) atoms. The smallest absolute Gasteiger partial charge is 0.224 e. The summed E-state index contributed by atoms with van der Waals surface area (Å²) in [5.74, 6) is 5.00. The van der Waals surface area contributed by atoms with Gasteiger partial charge in [0, 0.05) is 6.42 Å². The summed E-state index contributed by atoms with van der Waals surface area (Å²) in [5.41, 5.74) is 6.31. The predicted octanol–water partition coefficient (Wildman–Crippen LogP) is 3.43. The Kier molecular flexibility index (Phi) is 8.15. The Hall–Kier alpha value is -1.86. The van der Waals surface area contributed by atoms with Crippen LogP contribution >= 0.6 is 0 Å². The molecule has 0 aromatic heterocycles. The number of hydrogen-bond donors (Lipinski definition) is 2. The van der Waals surface area contributed by atoms with Gasteiger partial charge in [-0.2, -0.15) is 0 Å². The predicted molar refractivity (Wildman–Crippen MR) is 84.3 cm³/mol. The van der Waals surface area contributed by atoms with Gasteiger partial charge in [-0.3, -0.25) is 4.79 Å². The van der Waals surface area contributed by atoms with E-state index in [9.17, 15) is 9.18 Å². The Labute approximate surface area is 126 Å². The minimum atomic E-state index is -0.381. The molecule has 0 radical (unpaired) electrons. The van der Waals surface area contributed by atoms with Crippen LogP contribution in [0, 0.1) is 17.7 Å². The summed E-state index contributed by atoms with van der Waals surface area (Å²) < 4.78 is 13.2. The van der Waals surface area contributed by atoms with Gasteiger partial charge in [0.05, 0.1) is 17.8 Å². The number of benzene rings is 1.